The summed E-state index contributed by atoms with van der Waals surface area (Å²) in [6.07, 6.45) is 3.42. The Morgan fingerprint density at radius 2 is 1.80 bits per heavy atom. The number of methoxy groups -OCH3 is 1. The van der Waals surface area contributed by atoms with E-state index < -0.39 is 15.4 Å². The molecule has 1 spiro atoms. The van der Waals surface area contributed by atoms with Gasteiger partial charge in [0.2, 0.25) is 11.8 Å². The molecule has 1 heterocycles. The van der Waals surface area contributed by atoms with E-state index in [1.807, 2.05) is 0 Å². The minimum Gasteiger partial charge on any atom is -0.495 e. The predicted molar refractivity (Wildman–Crippen MR) is 113 cm³/mol. The first-order chi connectivity index (χ1) is 14.3. The quantitative estimate of drug-likeness (QED) is 0.698. The number of imide groups is 1. The third-order valence-electron chi connectivity index (χ3n) is 5.78. The maximum Gasteiger partial charge on any atom is 0.262 e. The van der Waals surface area contributed by atoms with Crippen molar-refractivity contribution < 1.29 is 22.7 Å². The van der Waals surface area contributed by atoms with Crippen LogP contribution >= 0.6 is 11.6 Å². The lowest BCUT2D eigenvalue weighted by Gasteiger charge is -2.22. The minimum absolute atomic E-state index is 0.0228. The molecule has 2 amide bonds. The van der Waals surface area contributed by atoms with Crippen LogP contribution < -0.4 is 14.4 Å². The van der Waals surface area contributed by atoms with E-state index in [1.54, 1.807) is 24.3 Å². The molecule has 158 valence electrons. The van der Waals surface area contributed by atoms with Gasteiger partial charge >= 0.3 is 0 Å². The van der Waals surface area contributed by atoms with Gasteiger partial charge in [-0.25, -0.2) is 13.3 Å². The minimum atomic E-state index is -3.96. The Morgan fingerprint density at radius 3 is 2.47 bits per heavy atom. The van der Waals surface area contributed by atoms with Crippen molar-refractivity contribution >= 4 is 44.8 Å². The van der Waals surface area contributed by atoms with E-state index in [2.05, 4.69) is 4.72 Å². The number of nitrogens with one attached hydrogen (secondary N) is 1. The average molecular weight is 449 g/mol. The molecule has 0 radical (unpaired) electrons. The molecule has 7 nitrogen and oxygen atoms in total. The van der Waals surface area contributed by atoms with Crippen LogP contribution in [0.2, 0.25) is 5.02 Å². The normalized spacial score (nSPS) is 18.3. The first kappa shape index (κ1) is 20.7. The fraction of sp³-hybridized carbons (Fsp3) is 0.333. The molecule has 4 rings (SSSR count). The maximum absolute atomic E-state index is 13.0. The lowest BCUT2D eigenvalue weighted by atomic mass is 9.84. The van der Waals surface area contributed by atoms with Gasteiger partial charge in [0.05, 0.1) is 33.8 Å². The third kappa shape index (κ3) is 3.44. The first-order valence-electron chi connectivity index (χ1n) is 9.60. The van der Waals surface area contributed by atoms with Crippen LogP contribution in [-0.2, 0) is 19.6 Å². The van der Waals surface area contributed by atoms with Gasteiger partial charge in [-0.1, -0.05) is 36.6 Å². The zero-order valence-electron chi connectivity index (χ0n) is 16.4. The second-order valence-corrected chi connectivity index (χ2v) is 9.71. The SMILES string of the molecule is COc1ccccc1NS(=O)(=O)c1ccc(N2C(=O)CC3(CCCC3)C2=O)c(Cl)c1. The number of halogens is 1. The Kier molecular flexibility index (Phi) is 5.23. The Hall–Kier alpha value is -2.58. The van der Waals surface area contributed by atoms with Crippen molar-refractivity contribution in [2.24, 2.45) is 5.41 Å². The number of rotatable bonds is 5. The van der Waals surface area contributed by atoms with Crippen molar-refractivity contribution in [3.63, 3.8) is 0 Å². The second-order valence-electron chi connectivity index (χ2n) is 7.62. The smallest absolute Gasteiger partial charge is 0.262 e. The summed E-state index contributed by atoms with van der Waals surface area (Å²) in [5, 5.41) is 0.0228. The predicted octanol–water partition coefficient (Wildman–Crippen LogP) is 3.97. The van der Waals surface area contributed by atoms with Gasteiger partial charge < -0.3 is 4.74 Å². The molecule has 1 aliphatic heterocycles. The van der Waals surface area contributed by atoms with Gasteiger partial charge in [0.1, 0.15) is 5.75 Å². The largest absolute Gasteiger partial charge is 0.495 e. The number of nitrogens with zero attached hydrogens (tertiary/aromatic N) is 1. The highest BCUT2D eigenvalue weighted by Gasteiger charge is 2.53. The average Bonchev–Trinajstić information content (AvgIpc) is 3.27. The molecule has 1 saturated carbocycles. The molecule has 2 aromatic carbocycles. The van der Waals surface area contributed by atoms with Crippen molar-refractivity contribution in [1.82, 2.24) is 0 Å². The molecular weight excluding hydrogens is 428 g/mol. The van der Waals surface area contributed by atoms with E-state index in [-0.39, 0.29) is 39.5 Å². The van der Waals surface area contributed by atoms with Crippen LogP contribution in [-0.4, -0.2) is 27.3 Å². The number of sulfonamides is 1. The molecule has 2 aliphatic rings. The fourth-order valence-corrected chi connectivity index (χ4v) is 5.68. The lowest BCUT2D eigenvalue weighted by Crippen LogP contribution is -2.34. The Balaban J connectivity index is 1.63. The molecule has 0 unspecified atom stereocenters. The Labute approximate surface area is 180 Å². The number of hydrogen-bond donors (Lipinski definition) is 1. The van der Waals surface area contributed by atoms with Crippen molar-refractivity contribution in [2.75, 3.05) is 16.7 Å². The highest BCUT2D eigenvalue weighted by atomic mass is 35.5. The molecule has 9 heteroatoms. The first-order valence-corrected chi connectivity index (χ1v) is 11.5. The summed E-state index contributed by atoms with van der Waals surface area (Å²) in [5.74, 6) is -0.167. The summed E-state index contributed by atoms with van der Waals surface area (Å²) in [5.41, 5.74) is -0.128. The van der Waals surface area contributed by atoms with Gasteiger partial charge in [-0.15, -0.1) is 0 Å². The van der Waals surface area contributed by atoms with Crippen LogP contribution in [0.15, 0.2) is 47.4 Å². The van der Waals surface area contributed by atoms with E-state index in [0.717, 1.165) is 17.7 Å². The standard InChI is InChI=1S/C21H21ClN2O5S/c1-29-18-7-3-2-6-16(18)23-30(27,28)14-8-9-17(15(22)12-14)24-19(25)13-21(20(24)26)10-4-5-11-21/h2-3,6-9,12,23H,4-5,10-11,13H2,1H3. The van der Waals surface area contributed by atoms with Crippen LogP contribution in [0.4, 0.5) is 11.4 Å². The summed E-state index contributed by atoms with van der Waals surface area (Å²) in [6, 6.07) is 10.6. The zero-order chi connectivity index (χ0) is 21.5. The highest BCUT2D eigenvalue weighted by molar-refractivity contribution is 7.92. The third-order valence-corrected chi connectivity index (χ3v) is 7.44. The highest BCUT2D eigenvalue weighted by Crippen LogP contribution is 2.49. The number of ether oxygens (including phenoxy) is 1. The van der Waals surface area contributed by atoms with Crippen LogP contribution in [0, 0.1) is 5.41 Å². The van der Waals surface area contributed by atoms with E-state index in [0.29, 0.717) is 18.6 Å². The molecule has 2 fully saturated rings. The summed E-state index contributed by atoms with van der Waals surface area (Å²) in [6.45, 7) is 0. The number of carbonyl (C=O) groups excluding carboxylic acids is 2. The topological polar surface area (TPSA) is 92.8 Å². The van der Waals surface area contributed by atoms with Crippen molar-refractivity contribution in [3.8, 4) is 5.75 Å². The number of amides is 2. The number of benzene rings is 2. The van der Waals surface area contributed by atoms with E-state index in [1.165, 1.54) is 25.3 Å². The Bertz CT molecular complexity index is 1130. The summed E-state index contributed by atoms with van der Waals surface area (Å²) >= 11 is 6.34. The molecule has 1 aliphatic carbocycles. The van der Waals surface area contributed by atoms with Crippen molar-refractivity contribution in [1.29, 1.82) is 0 Å². The molecular formula is C21H21ClN2O5S. The van der Waals surface area contributed by atoms with Gasteiger partial charge in [-0.2, -0.15) is 0 Å². The Morgan fingerprint density at radius 1 is 1.10 bits per heavy atom. The van der Waals surface area contributed by atoms with Gasteiger partial charge in [0, 0.05) is 6.42 Å². The van der Waals surface area contributed by atoms with E-state index in [4.69, 9.17) is 16.3 Å². The van der Waals surface area contributed by atoms with E-state index >= 15 is 0 Å². The van der Waals surface area contributed by atoms with Crippen LogP contribution in [0.1, 0.15) is 32.1 Å². The number of para-hydroxylation sites is 2. The van der Waals surface area contributed by atoms with Crippen LogP contribution in [0.25, 0.3) is 0 Å². The summed E-state index contributed by atoms with van der Waals surface area (Å²) < 4.78 is 33.3. The zero-order valence-corrected chi connectivity index (χ0v) is 17.9. The molecule has 1 saturated heterocycles. The maximum atomic E-state index is 13.0. The van der Waals surface area contributed by atoms with Gasteiger partial charge in [-0.05, 0) is 43.2 Å². The molecule has 30 heavy (non-hydrogen) atoms. The number of anilines is 2. The van der Waals surface area contributed by atoms with Crippen LogP contribution in [0.3, 0.4) is 0 Å². The number of hydrogen-bond acceptors (Lipinski definition) is 5. The summed E-state index contributed by atoms with van der Waals surface area (Å²) in [7, 11) is -2.52. The molecule has 0 aromatic heterocycles. The van der Waals surface area contributed by atoms with Crippen molar-refractivity contribution in [2.45, 2.75) is 37.0 Å². The monoisotopic (exact) mass is 448 g/mol. The van der Waals surface area contributed by atoms with E-state index in [9.17, 15) is 18.0 Å². The number of carbonyl (C=O) groups is 2. The second kappa shape index (κ2) is 7.59. The van der Waals surface area contributed by atoms with Gasteiger partial charge in [0.25, 0.3) is 10.0 Å². The molecule has 0 atom stereocenters. The van der Waals surface area contributed by atoms with Crippen LogP contribution in [0.5, 0.6) is 5.75 Å². The fourth-order valence-electron chi connectivity index (χ4n) is 4.25. The summed E-state index contributed by atoms with van der Waals surface area (Å²) in [4.78, 5) is 26.6. The molecule has 0 bridgehead atoms. The molecule has 2 aromatic rings. The van der Waals surface area contributed by atoms with Crippen molar-refractivity contribution in [3.05, 3.63) is 47.5 Å². The van der Waals surface area contributed by atoms with Gasteiger partial charge in [0.15, 0.2) is 0 Å². The lowest BCUT2D eigenvalue weighted by molar-refractivity contribution is -0.125. The van der Waals surface area contributed by atoms with Gasteiger partial charge in [-0.3, -0.25) is 14.3 Å². The molecule has 1 N–H and O–H groups in total.